The van der Waals surface area contributed by atoms with Crippen molar-refractivity contribution in [3.05, 3.63) is 64.2 Å². The summed E-state index contributed by atoms with van der Waals surface area (Å²) < 4.78 is 6.67. The fourth-order valence-electron chi connectivity index (χ4n) is 1.87. The average Bonchev–Trinajstić information content (AvgIpc) is 2.44. The summed E-state index contributed by atoms with van der Waals surface area (Å²) in [5.74, 6) is 1.27. The molecule has 0 N–H and O–H groups in total. The van der Waals surface area contributed by atoms with Gasteiger partial charge in [0.05, 0.1) is 4.47 Å². The van der Waals surface area contributed by atoms with Crippen molar-refractivity contribution in [3.63, 3.8) is 0 Å². The van der Waals surface area contributed by atoms with E-state index >= 15 is 0 Å². The zero-order valence-corrected chi connectivity index (χ0v) is 12.1. The number of rotatable bonds is 2. The van der Waals surface area contributed by atoms with E-state index in [1.54, 1.807) is 6.20 Å². The summed E-state index contributed by atoms with van der Waals surface area (Å²) in [4.78, 5) is 4.20. The summed E-state index contributed by atoms with van der Waals surface area (Å²) in [6, 6.07) is 15.3. The highest BCUT2D eigenvalue weighted by atomic mass is 79.9. The largest absolute Gasteiger partial charge is 0.437 e. The lowest BCUT2D eigenvalue weighted by Gasteiger charge is -2.10. The Kier molecular flexibility index (Phi) is 3.40. The maximum atomic E-state index is 6.18. The first-order chi connectivity index (χ1) is 9.25. The van der Waals surface area contributed by atoms with Gasteiger partial charge in [-0.15, -0.1) is 0 Å². The van der Waals surface area contributed by atoms with Gasteiger partial charge in [0.2, 0.25) is 5.88 Å². The molecule has 3 aromatic rings. The Bertz CT molecular complexity index is 745. The predicted molar refractivity (Wildman–Crippen MR) is 81.0 cm³/mol. The van der Waals surface area contributed by atoms with E-state index in [-0.39, 0.29) is 0 Å². The maximum Gasteiger partial charge on any atom is 0.233 e. The molecule has 0 aliphatic carbocycles. The molecule has 1 heterocycles. The minimum absolute atomic E-state index is 0.537. The first kappa shape index (κ1) is 12.5. The van der Waals surface area contributed by atoms with Gasteiger partial charge in [-0.3, -0.25) is 0 Å². The molecule has 0 aliphatic rings. The lowest BCUT2D eigenvalue weighted by molar-refractivity contribution is 0.465. The molecule has 19 heavy (non-hydrogen) atoms. The smallest absolute Gasteiger partial charge is 0.233 e. The Morgan fingerprint density at radius 1 is 0.947 bits per heavy atom. The molecule has 0 atom stereocenters. The molecule has 0 spiro atoms. The minimum atomic E-state index is 0.537. The van der Waals surface area contributed by atoms with Gasteiger partial charge < -0.3 is 4.74 Å². The van der Waals surface area contributed by atoms with Gasteiger partial charge in [-0.2, -0.15) is 0 Å². The van der Waals surface area contributed by atoms with Crippen molar-refractivity contribution < 1.29 is 4.74 Å². The van der Waals surface area contributed by atoms with E-state index in [0.29, 0.717) is 10.9 Å². The number of aromatic nitrogens is 1. The molecule has 2 nitrogen and oxygen atoms in total. The van der Waals surface area contributed by atoms with Crippen molar-refractivity contribution in [2.24, 2.45) is 0 Å². The molecule has 3 rings (SSSR count). The lowest BCUT2D eigenvalue weighted by atomic mass is 10.1. The third-order valence-electron chi connectivity index (χ3n) is 2.76. The number of hydrogen-bond acceptors (Lipinski definition) is 2. The van der Waals surface area contributed by atoms with Crippen LogP contribution in [0.3, 0.4) is 0 Å². The lowest BCUT2D eigenvalue weighted by Crippen LogP contribution is -1.90. The fourth-order valence-corrected chi connectivity index (χ4v) is 2.44. The van der Waals surface area contributed by atoms with Crippen molar-refractivity contribution >= 4 is 38.3 Å². The highest BCUT2D eigenvalue weighted by molar-refractivity contribution is 9.10. The molecule has 1 aromatic heterocycles. The summed E-state index contributed by atoms with van der Waals surface area (Å²) in [7, 11) is 0. The van der Waals surface area contributed by atoms with E-state index < -0.39 is 0 Å². The molecule has 0 aliphatic heterocycles. The zero-order chi connectivity index (χ0) is 13.2. The van der Waals surface area contributed by atoms with E-state index in [1.807, 2.05) is 48.5 Å². The summed E-state index contributed by atoms with van der Waals surface area (Å²) in [6.07, 6.45) is 1.69. The zero-order valence-electron chi connectivity index (χ0n) is 9.81. The number of benzene rings is 2. The summed E-state index contributed by atoms with van der Waals surface area (Å²) >= 11 is 9.60. The van der Waals surface area contributed by atoms with Crippen LogP contribution in [0, 0.1) is 0 Å². The molecular weight excluding hydrogens is 326 g/mol. The molecule has 0 saturated carbocycles. The minimum Gasteiger partial charge on any atom is -0.437 e. The Morgan fingerprint density at radius 3 is 2.53 bits per heavy atom. The molecule has 4 heteroatoms. The van der Waals surface area contributed by atoms with Crippen LogP contribution in [0.1, 0.15) is 0 Å². The van der Waals surface area contributed by atoms with Crippen LogP contribution in [0.5, 0.6) is 11.6 Å². The highest BCUT2D eigenvalue weighted by Crippen LogP contribution is 2.35. The van der Waals surface area contributed by atoms with E-state index in [4.69, 9.17) is 16.3 Å². The van der Waals surface area contributed by atoms with Crippen LogP contribution in [0.15, 0.2) is 59.2 Å². The molecule has 2 aromatic carbocycles. The van der Waals surface area contributed by atoms with Gasteiger partial charge in [0.1, 0.15) is 5.75 Å². The number of pyridine rings is 1. The van der Waals surface area contributed by atoms with Crippen molar-refractivity contribution in [1.82, 2.24) is 4.98 Å². The van der Waals surface area contributed by atoms with Crippen LogP contribution < -0.4 is 4.74 Å². The van der Waals surface area contributed by atoms with Crippen LogP contribution in [-0.2, 0) is 0 Å². The Morgan fingerprint density at radius 2 is 1.74 bits per heavy atom. The highest BCUT2D eigenvalue weighted by Gasteiger charge is 2.08. The summed E-state index contributed by atoms with van der Waals surface area (Å²) in [5.41, 5.74) is 0. The van der Waals surface area contributed by atoms with Gasteiger partial charge in [0.15, 0.2) is 0 Å². The van der Waals surface area contributed by atoms with Gasteiger partial charge in [-0.05, 0) is 40.2 Å². The summed E-state index contributed by atoms with van der Waals surface area (Å²) in [5, 5.41) is 2.64. The van der Waals surface area contributed by atoms with Crippen LogP contribution >= 0.6 is 27.5 Å². The van der Waals surface area contributed by atoms with Crippen molar-refractivity contribution in [1.29, 1.82) is 0 Å². The Balaban J connectivity index is 2.12. The first-order valence-corrected chi connectivity index (χ1v) is 6.88. The second kappa shape index (κ2) is 5.19. The topological polar surface area (TPSA) is 22.1 Å². The SMILES string of the molecule is Clc1ccc(Oc2ncccc2Br)c2ccccc12. The van der Waals surface area contributed by atoms with E-state index in [9.17, 15) is 0 Å². The Labute approximate surface area is 124 Å². The van der Waals surface area contributed by atoms with Gasteiger partial charge in [0.25, 0.3) is 0 Å². The maximum absolute atomic E-state index is 6.18. The molecule has 94 valence electrons. The fraction of sp³-hybridized carbons (Fsp3) is 0. The third kappa shape index (κ3) is 2.44. The molecule has 0 bridgehead atoms. The summed E-state index contributed by atoms with van der Waals surface area (Å²) in [6.45, 7) is 0. The molecule has 0 saturated heterocycles. The van der Waals surface area contributed by atoms with E-state index in [0.717, 1.165) is 21.0 Å². The van der Waals surface area contributed by atoms with Crippen LogP contribution in [0.25, 0.3) is 10.8 Å². The van der Waals surface area contributed by atoms with E-state index in [1.165, 1.54) is 0 Å². The van der Waals surface area contributed by atoms with Gasteiger partial charge >= 0.3 is 0 Å². The quantitative estimate of drug-likeness (QED) is 0.622. The molecule has 0 unspecified atom stereocenters. The second-order valence-corrected chi connectivity index (χ2v) is 5.25. The number of halogens is 2. The number of ether oxygens (including phenoxy) is 1. The average molecular weight is 335 g/mol. The molecule has 0 fully saturated rings. The van der Waals surface area contributed by atoms with Gasteiger partial charge in [-0.25, -0.2) is 4.98 Å². The number of hydrogen-bond donors (Lipinski definition) is 0. The van der Waals surface area contributed by atoms with Crippen LogP contribution in [0.2, 0.25) is 5.02 Å². The van der Waals surface area contributed by atoms with Crippen molar-refractivity contribution in [3.8, 4) is 11.6 Å². The van der Waals surface area contributed by atoms with Crippen LogP contribution in [-0.4, -0.2) is 4.98 Å². The van der Waals surface area contributed by atoms with Crippen molar-refractivity contribution in [2.75, 3.05) is 0 Å². The Hall–Kier alpha value is -1.58. The second-order valence-electron chi connectivity index (χ2n) is 3.98. The standard InChI is InChI=1S/C15H9BrClNO/c16-12-6-3-9-18-15(12)19-14-8-7-13(17)10-4-1-2-5-11(10)14/h1-9H. The molecule has 0 amide bonds. The first-order valence-electron chi connectivity index (χ1n) is 5.71. The number of fused-ring (bicyclic) bond motifs is 1. The van der Waals surface area contributed by atoms with Crippen LogP contribution in [0.4, 0.5) is 0 Å². The third-order valence-corrected chi connectivity index (χ3v) is 3.70. The monoisotopic (exact) mass is 333 g/mol. The van der Waals surface area contributed by atoms with Gasteiger partial charge in [0, 0.05) is 22.0 Å². The molecule has 0 radical (unpaired) electrons. The predicted octanol–water partition coefficient (Wildman–Crippen LogP) is 5.44. The van der Waals surface area contributed by atoms with Gasteiger partial charge in [-0.1, -0.05) is 35.9 Å². The van der Waals surface area contributed by atoms with E-state index in [2.05, 4.69) is 20.9 Å². The number of nitrogens with zero attached hydrogens (tertiary/aromatic N) is 1. The molecular formula is C15H9BrClNO. The van der Waals surface area contributed by atoms with Crippen molar-refractivity contribution in [2.45, 2.75) is 0 Å². The normalized spacial score (nSPS) is 10.6.